The Hall–Kier alpha value is -4.66. The van der Waals surface area contributed by atoms with Crippen molar-refractivity contribution in [2.75, 3.05) is 23.7 Å². The molecule has 1 aliphatic heterocycles. The maximum Gasteiger partial charge on any atom is 0.324 e. The van der Waals surface area contributed by atoms with E-state index in [4.69, 9.17) is 4.74 Å². The summed E-state index contributed by atoms with van der Waals surface area (Å²) in [5, 5.41) is 9.97. The second kappa shape index (κ2) is 10.7. The molecular formula is C27H26N6O3. The highest BCUT2D eigenvalue weighted by atomic mass is 16.5. The van der Waals surface area contributed by atoms with E-state index in [0.717, 1.165) is 37.2 Å². The van der Waals surface area contributed by atoms with Crippen LogP contribution in [-0.2, 0) is 11.2 Å². The molecular weight excluding hydrogens is 456 g/mol. The van der Waals surface area contributed by atoms with Gasteiger partial charge in [0.15, 0.2) is 0 Å². The van der Waals surface area contributed by atoms with Gasteiger partial charge in [0.05, 0.1) is 18.3 Å². The average molecular weight is 483 g/mol. The fraction of sp³-hybridized carbons (Fsp3) is 0.185. The highest BCUT2D eigenvalue weighted by molar-refractivity contribution is 5.99. The van der Waals surface area contributed by atoms with Gasteiger partial charge in [-0.05, 0) is 66.9 Å². The first-order chi connectivity index (χ1) is 17.6. The van der Waals surface area contributed by atoms with E-state index in [-0.39, 0.29) is 5.91 Å². The van der Waals surface area contributed by atoms with Crippen molar-refractivity contribution in [3.05, 3.63) is 90.9 Å². The number of nitrogens with zero attached hydrogens (tertiary/aromatic N) is 4. The molecule has 9 heteroatoms. The van der Waals surface area contributed by atoms with Gasteiger partial charge in [-0.15, -0.1) is 0 Å². The van der Waals surface area contributed by atoms with Gasteiger partial charge in [-0.3, -0.25) is 15.1 Å². The molecule has 9 nitrogen and oxygen atoms in total. The molecule has 0 bridgehead atoms. The van der Waals surface area contributed by atoms with Crippen LogP contribution in [0.3, 0.4) is 0 Å². The van der Waals surface area contributed by atoms with Crippen LogP contribution in [0.25, 0.3) is 5.69 Å². The Morgan fingerprint density at radius 3 is 2.22 bits per heavy atom. The first kappa shape index (κ1) is 23.1. The summed E-state index contributed by atoms with van der Waals surface area (Å²) in [5.41, 5.74) is 2.35. The van der Waals surface area contributed by atoms with Gasteiger partial charge in [-0.1, -0.05) is 12.1 Å². The number of anilines is 2. The molecule has 0 atom stereocenters. The third-order valence-corrected chi connectivity index (χ3v) is 5.88. The topological polar surface area (TPSA) is 101 Å². The minimum absolute atomic E-state index is 0.162. The number of carbonyl (C=O) groups is 2. The highest BCUT2D eigenvalue weighted by Crippen LogP contribution is 2.23. The smallest absolute Gasteiger partial charge is 0.324 e. The van der Waals surface area contributed by atoms with E-state index in [1.807, 2.05) is 29.2 Å². The number of carbonyl (C=O) groups excluding carboxylic acids is 2. The van der Waals surface area contributed by atoms with Crippen molar-refractivity contribution >= 4 is 23.4 Å². The van der Waals surface area contributed by atoms with Gasteiger partial charge in [0.25, 0.3) is 0 Å². The molecule has 2 aromatic heterocycles. The summed E-state index contributed by atoms with van der Waals surface area (Å²) in [6.45, 7) is 1.70. The Bertz CT molecular complexity index is 1310. The van der Waals surface area contributed by atoms with E-state index < -0.39 is 6.03 Å². The third kappa shape index (κ3) is 5.69. The van der Waals surface area contributed by atoms with Crippen LogP contribution in [0.1, 0.15) is 18.4 Å². The van der Waals surface area contributed by atoms with Crippen LogP contribution >= 0.6 is 0 Å². The zero-order chi connectivity index (χ0) is 24.7. The fourth-order valence-corrected chi connectivity index (χ4v) is 4.04. The summed E-state index contributed by atoms with van der Waals surface area (Å²) in [6.07, 6.45) is 7.49. The lowest BCUT2D eigenvalue weighted by Gasteiger charge is -2.15. The van der Waals surface area contributed by atoms with Crippen molar-refractivity contribution in [3.8, 4) is 17.2 Å². The van der Waals surface area contributed by atoms with E-state index in [1.54, 1.807) is 65.7 Å². The van der Waals surface area contributed by atoms with Gasteiger partial charge < -0.3 is 15.0 Å². The Balaban J connectivity index is 1.18. The van der Waals surface area contributed by atoms with Gasteiger partial charge in [0.1, 0.15) is 17.3 Å². The van der Waals surface area contributed by atoms with Crippen LogP contribution in [0.5, 0.6) is 11.5 Å². The molecule has 0 saturated carbocycles. The molecule has 0 aliphatic carbocycles. The maximum absolute atomic E-state index is 12.6. The van der Waals surface area contributed by atoms with E-state index in [0.29, 0.717) is 29.4 Å². The Morgan fingerprint density at radius 2 is 1.50 bits per heavy atom. The minimum atomic E-state index is -0.396. The number of benzene rings is 2. The molecule has 5 rings (SSSR count). The Morgan fingerprint density at radius 1 is 0.806 bits per heavy atom. The predicted octanol–water partition coefficient (Wildman–Crippen LogP) is 4.87. The largest absolute Gasteiger partial charge is 0.457 e. The zero-order valence-corrected chi connectivity index (χ0v) is 19.6. The lowest BCUT2D eigenvalue weighted by atomic mass is 10.1. The number of rotatable bonds is 7. The van der Waals surface area contributed by atoms with Crippen LogP contribution in [0, 0.1) is 0 Å². The zero-order valence-electron chi connectivity index (χ0n) is 19.6. The number of nitrogens with one attached hydrogen (secondary N) is 2. The van der Waals surface area contributed by atoms with Crippen molar-refractivity contribution in [3.63, 3.8) is 0 Å². The molecule has 182 valence electrons. The molecule has 2 N–H and O–H groups in total. The number of aromatic nitrogens is 3. The predicted molar refractivity (Wildman–Crippen MR) is 136 cm³/mol. The normalized spacial score (nSPS) is 12.8. The molecule has 36 heavy (non-hydrogen) atoms. The second-order valence-electron chi connectivity index (χ2n) is 8.45. The number of hydrogen-bond acceptors (Lipinski definition) is 5. The molecule has 1 saturated heterocycles. The molecule has 2 aromatic carbocycles. The van der Waals surface area contributed by atoms with E-state index >= 15 is 0 Å². The molecule has 1 fully saturated rings. The summed E-state index contributed by atoms with van der Waals surface area (Å²) in [4.78, 5) is 30.9. The molecule has 3 heterocycles. The quantitative estimate of drug-likeness (QED) is 0.391. The summed E-state index contributed by atoms with van der Waals surface area (Å²) in [7, 11) is 0. The molecule has 1 aliphatic rings. The van der Waals surface area contributed by atoms with E-state index in [2.05, 4.69) is 20.7 Å². The molecule has 0 unspecified atom stereocenters. The third-order valence-electron chi connectivity index (χ3n) is 5.88. The van der Waals surface area contributed by atoms with Crippen LogP contribution < -0.4 is 15.4 Å². The highest BCUT2D eigenvalue weighted by Gasteiger charge is 2.18. The van der Waals surface area contributed by atoms with Crippen molar-refractivity contribution < 1.29 is 14.3 Å². The van der Waals surface area contributed by atoms with Crippen LogP contribution in [0.4, 0.5) is 16.3 Å². The maximum atomic E-state index is 12.6. The minimum Gasteiger partial charge on any atom is -0.457 e. The number of hydrogen-bond donors (Lipinski definition) is 2. The molecule has 0 spiro atoms. The molecule has 4 aromatic rings. The Labute approximate surface area is 208 Å². The van der Waals surface area contributed by atoms with Crippen molar-refractivity contribution in [2.45, 2.75) is 19.3 Å². The number of ether oxygens (including phenoxy) is 1. The monoisotopic (exact) mass is 482 g/mol. The summed E-state index contributed by atoms with van der Waals surface area (Å²) >= 11 is 0. The SMILES string of the molecule is O=C(Nc1ccc(Oc2ccncc2)cc1)Nc1ccnn1-c1ccc(CC(=O)N2CCCC2)cc1. The number of urea groups is 1. The Kier molecular flexibility index (Phi) is 6.88. The molecule has 0 radical (unpaired) electrons. The van der Waals surface area contributed by atoms with Crippen LogP contribution in [0.15, 0.2) is 85.3 Å². The lowest BCUT2D eigenvalue weighted by molar-refractivity contribution is -0.129. The first-order valence-electron chi connectivity index (χ1n) is 11.8. The van der Waals surface area contributed by atoms with E-state index in [1.165, 1.54) is 0 Å². The standard InChI is InChI=1S/C27H26N6O3/c34-26(32-17-1-2-18-32)19-20-3-7-22(8-4-20)33-25(13-16-29-33)31-27(35)30-21-5-9-23(10-6-21)36-24-11-14-28-15-12-24/h3-16H,1-2,17-19H2,(H2,30,31,35). The van der Waals surface area contributed by atoms with Crippen molar-refractivity contribution in [2.24, 2.45) is 0 Å². The van der Waals surface area contributed by atoms with Crippen molar-refractivity contribution in [1.82, 2.24) is 19.7 Å². The van der Waals surface area contributed by atoms with Gasteiger partial charge in [0.2, 0.25) is 5.91 Å². The first-order valence-corrected chi connectivity index (χ1v) is 11.8. The number of amides is 3. The average Bonchev–Trinajstić information content (AvgIpc) is 3.59. The lowest BCUT2D eigenvalue weighted by Crippen LogP contribution is -2.29. The summed E-state index contributed by atoms with van der Waals surface area (Å²) in [6, 6.07) is 19.6. The number of likely N-dealkylation sites (tertiary alicyclic amines) is 1. The van der Waals surface area contributed by atoms with Gasteiger partial charge >= 0.3 is 6.03 Å². The summed E-state index contributed by atoms with van der Waals surface area (Å²) < 4.78 is 7.38. The van der Waals surface area contributed by atoms with Crippen LogP contribution in [0.2, 0.25) is 0 Å². The van der Waals surface area contributed by atoms with Gasteiger partial charge in [0, 0.05) is 37.2 Å². The molecule has 3 amide bonds. The van der Waals surface area contributed by atoms with Crippen molar-refractivity contribution in [1.29, 1.82) is 0 Å². The number of pyridine rings is 1. The van der Waals surface area contributed by atoms with E-state index in [9.17, 15) is 9.59 Å². The summed E-state index contributed by atoms with van der Waals surface area (Å²) in [5.74, 6) is 2.01. The fourth-order valence-electron chi connectivity index (χ4n) is 4.04. The van der Waals surface area contributed by atoms with Crippen LogP contribution in [-0.4, -0.2) is 44.7 Å². The van der Waals surface area contributed by atoms with Gasteiger partial charge in [-0.25, -0.2) is 9.48 Å². The second-order valence-corrected chi connectivity index (χ2v) is 8.45. The van der Waals surface area contributed by atoms with Gasteiger partial charge in [-0.2, -0.15) is 5.10 Å².